The van der Waals surface area contributed by atoms with Gasteiger partial charge in [0, 0.05) is 29.6 Å². The molecule has 130 valence electrons. The topological polar surface area (TPSA) is 82.7 Å². The van der Waals surface area contributed by atoms with E-state index in [2.05, 4.69) is 50.1 Å². The highest BCUT2D eigenvalue weighted by atomic mass is 32.1. The molecule has 0 unspecified atom stereocenters. The molecule has 0 saturated carbocycles. The van der Waals surface area contributed by atoms with Gasteiger partial charge in [0.05, 0.1) is 0 Å². The highest BCUT2D eigenvalue weighted by Crippen LogP contribution is 2.30. The highest BCUT2D eigenvalue weighted by molar-refractivity contribution is 7.13. The highest BCUT2D eigenvalue weighted by Gasteiger charge is 2.19. The SMILES string of the molecule is O=C(NC[C@@H](c1ccccc1)c1c[nH]c2ccccc12)Nc1nncs1. The van der Waals surface area contributed by atoms with Gasteiger partial charge in [0.1, 0.15) is 5.51 Å². The van der Waals surface area contributed by atoms with Crippen LogP contribution in [0, 0.1) is 0 Å². The number of fused-ring (bicyclic) bond motifs is 1. The van der Waals surface area contributed by atoms with Gasteiger partial charge in [0.25, 0.3) is 0 Å². The van der Waals surface area contributed by atoms with E-state index in [9.17, 15) is 4.79 Å². The number of nitrogens with zero attached hydrogens (tertiary/aromatic N) is 2. The Morgan fingerprint density at radius 2 is 1.92 bits per heavy atom. The van der Waals surface area contributed by atoms with Crippen molar-refractivity contribution in [3.8, 4) is 0 Å². The maximum Gasteiger partial charge on any atom is 0.321 e. The van der Waals surface area contributed by atoms with Crippen LogP contribution in [0.25, 0.3) is 10.9 Å². The van der Waals surface area contributed by atoms with Crippen LogP contribution >= 0.6 is 11.3 Å². The van der Waals surface area contributed by atoms with E-state index in [4.69, 9.17) is 0 Å². The Bertz CT molecular complexity index is 997. The van der Waals surface area contributed by atoms with Gasteiger partial charge in [0.2, 0.25) is 5.13 Å². The van der Waals surface area contributed by atoms with Crippen molar-refractivity contribution < 1.29 is 4.79 Å². The molecular weight excluding hydrogens is 346 g/mol. The molecule has 2 heterocycles. The molecule has 0 aliphatic carbocycles. The summed E-state index contributed by atoms with van der Waals surface area (Å²) in [6.07, 6.45) is 2.02. The fraction of sp³-hybridized carbons (Fsp3) is 0.105. The predicted molar refractivity (Wildman–Crippen MR) is 104 cm³/mol. The third kappa shape index (κ3) is 3.43. The van der Waals surface area contributed by atoms with E-state index in [1.54, 1.807) is 5.51 Å². The summed E-state index contributed by atoms with van der Waals surface area (Å²) in [6, 6.07) is 18.1. The number of hydrogen-bond acceptors (Lipinski definition) is 4. The summed E-state index contributed by atoms with van der Waals surface area (Å²) < 4.78 is 0. The second-order valence-electron chi connectivity index (χ2n) is 5.83. The van der Waals surface area contributed by atoms with E-state index < -0.39 is 0 Å². The molecule has 0 radical (unpaired) electrons. The van der Waals surface area contributed by atoms with Crippen LogP contribution < -0.4 is 10.6 Å². The number of hydrogen-bond donors (Lipinski definition) is 3. The van der Waals surface area contributed by atoms with Crippen LogP contribution in [0.2, 0.25) is 0 Å². The molecule has 4 rings (SSSR count). The molecule has 26 heavy (non-hydrogen) atoms. The number of carbonyl (C=O) groups excluding carboxylic acids is 1. The fourth-order valence-corrected chi connectivity index (χ4v) is 3.48. The van der Waals surface area contributed by atoms with Crippen LogP contribution in [-0.2, 0) is 0 Å². The first-order valence-corrected chi connectivity index (χ1v) is 9.11. The molecule has 7 heteroatoms. The number of rotatable bonds is 5. The minimum absolute atomic E-state index is 0.0347. The summed E-state index contributed by atoms with van der Waals surface area (Å²) in [4.78, 5) is 15.5. The maximum absolute atomic E-state index is 12.2. The molecule has 0 fully saturated rings. The van der Waals surface area contributed by atoms with Crippen molar-refractivity contribution in [1.29, 1.82) is 0 Å². The number of amides is 2. The summed E-state index contributed by atoms with van der Waals surface area (Å²) in [7, 11) is 0. The summed E-state index contributed by atoms with van der Waals surface area (Å²) >= 11 is 1.28. The first kappa shape index (κ1) is 16.3. The lowest BCUT2D eigenvalue weighted by atomic mass is 9.91. The molecule has 0 saturated heterocycles. The zero-order valence-electron chi connectivity index (χ0n) is 13.8. The summed E-state index contributed by atoms with van der Waals surface area (Å²) in [5, 5.41) is 14.8. The van der Waals surface area contributed by atoms with Crippen molar-refractivity contribution in [2.45, 2.75) is 5.92 Å². The number of carbonyl (C=O) groups is 1. The summed E-state index contributed by atoms with van der Waals surface area (Å²) in [6.45, 7) is 0.469. The van der Waals surface area contributed by atoms with E-state index in [0.717, 1.165) is 22.0 Å². The molecule has 2 amide bonds. The van der Waals surface area contributed by atoms with Crippen molar-refractivity contribution >= 4 is 33.4 Å². The van der Waals surface area contributed by atoms with Gasteiger partial charge < -0.3 is 10.3 Å². The van der Waals surface area contributed by atoms with Crippen molar-refractivity contribution in [3.05, 3.63) is 77.4 Å². The average Bonchev–Trinajstić information content (AvgIpc) is 3.33. The standard InChI is InChI=1S/C19H17N5OS/c25-18(23-19-24-22-12-26-19)21-10-15(13-6-2-1-3-7-13)16-11-20-17-9-5-4-8-14(16)17/h1-9,11-12,15,20H,10H2,(H2,21,23,24,25)/t15-/m0/s1. The van der Waals surface area contributed by atoms with Crippen LogP contribution in [0.4, 0.5) is 9.93 Å². The van der Waals surface area contributed by atoms with Gasteiger partial charge in [0.15, 0.2) is 0 Å². The Balaban J connectivity index is 1.59. The number of para-hydroxylation sites is 1. The maximum atomic E-state index is 12.2. The zero-order valence-corrected chi connectivity index (χ0v) is 14.7. The van der Waals surface area contributed by atoms with Gasteiger partial charge in [-0.05, 0) is 17.2 Å². The van der Waals surface area contributed by atoms with Gasteiger partial charge in [-0.3, -0.25) is 5.32 Å². The smallest absolute Gasteiger partial charge is 0.321 e. The van der Waals surface area contributed by atoms with E-state index in [1.165, 1.54) is 11.3 Å². The third-order valence-electron chi connectivity index (χ3n) is 4.25. The molecule has 4 aromatic rings. The van der Waals surface area contributed by atoms with Crippen LogP contribution in [-0.4, -0.2) is 27.8 Å². The van der Waals surface area contributed by atoms with Crippen LogP contribution in [0.1, 0.15) is 17.0 Å². The van der Waals surface area contributed by atoms with Crippen molar-refractivity contribution in [3.63, 3.8) is 0 Å². The minimum Gasteiger partial charge on any atom is -0.361 e. The van der Waals surface area contributed by atoms with E-state index in [0.29, 0.717) is 11.7 Å². The number of anilines is 1. The Morgan fingerprint density at radius 1 is 1.12 bits per heavy atom. The lowest BCUT2D eigenvalue weighted by Gasteiger charge is -2.18. The average molecular weight is 363 g/mol. The van der Waals surface area contributed by atoms with Gasteiger partial charge >= 0.3 is 6.03 Å². The number of aromatic amines is 1. The van der Waals surface area contributed by atoms with Gasteiger partial charge in [-0.2, -0.15) is 0 Å². The molecule has 3 N–H and O–H groups in total. The van der Waals surface area contributed by atoms with Crippen LogP contribution in [0.15, 0.2) is 66.3 Å². The molecule has 0 spiro atoms. The van der Waals surface area contributed by atoms with Crippen molar-refractivity contribution in [1.82, 2.24) is 20.5 Å². The molecule has 0 bridgehead atoms. The minimum atomic E-state index is -0.289. The van der Waals surface area contributed by atoms with E-state index in [1.807, 2.05) is 36.5 Å². The second-order valence-corrected chi connectivity index (χ2v) is 6.66. The molecule has 0 aliphatic heterocycles. The molecule has 2 aromatic heterocycles. The summed E-state index contributed by atoms with van der Waals surface area (Å²) in [5.41, 5.74) is 4.96. The number of benzene rings is 2. The van der Waals surface area contributed by atoms with E-state index in [-0.39, 0.29) is 11.9 Å². The Morgan fingerprint density at radius 3 is 2.73 bits per heavy atom. The first-order valence-electron chi connectivity index (χ1n) is 8.23. The van der Waals surface area contributed by atoms with Gasteiger partial charge in [-0.15, -0.1) is 10.2 Å². The van der Waals surface area contributed by atoms with Gasteiger partial charge in [-0.25, -0.2) is 4.79 Å². The zero-order chi connectivity index (χ0) is 17.8. The van der Waals surface area contributed by atoms with Gasteiger partial charge in [-0.1, -0.05) is 59.9 Å². The fourth-order valence-electron chi connectivity index (χ4n) is 3.04. The molecule has 0 aliphatic rings. The predicted octanol–water partition coefficient (Wildman–Crippen LogP) is 3.97. The van der Waals surface area contributed by atoms with Crippen LogP contribution in [0.5, 0.6) is 0 Å². The second kappa shape index (κ2) is 7.37. The first-order chi connectivity index (χ1) is 12.8. The van der Waals surface area contributed by atoms with Crippen molar-refractivity contribution in [2.75, 3.05) is 11.9 Å². The number of urea groups is 1. The lowest BCUT2D eigenvalue weighted by Crippen LogP contribution is -2.32. The summed E-state index contributed by atoms with van der Waals surface area (Å²) in [5.74, 6) is 0.0347. The lowest BCUT2D eigenvalue weighted by molar-refractivity contribution is 0.252. The number of aromatic nitrogens is 3. The van der Waals surface area contributed by atoms with Crippen LogP contribution in [0.3, 0.4) is 0 Å². The Labute approximate surface area is 154 Å². The number of nitrogens with one attached hydrogen (secondary N) is 3. The Hall–Kier alpha value is -3.19. The normalized spacial score (nSPS) is 12.0. The third-order valence-corrected chi connectivity index (χ3v) is 4.85. The molecule has 1 atom stereocenters. The molecule has 6 nitrogen and oxygen atoms in total. The molecular formula is C19H17N5OS. The quantitative estimate of drug-likeness (QED) is 0.502. The largest absolute Gasteiger partial charge is 0.361 e. The van der Waals surface area contributed by atoms with E-state index >= 15 is 0 Å². The Kier molecular flexibility index (Phi) is 4.61. The molecule has 2 aromatic carbocycles. The van der Waals surface area contributed by atoms with Crippen molar-refractivity contribution in [2.24, 2.45) is 0 Å². The monoisotopic (exact) mass is 363 g/mol. The number of H-pyrrole nitrogens is 1.